The molecule has 2 unspecified atom stereocenters. The lowest BCUT2D eigenvalue weighted by atomic mass is 10.0. The Hall–Kier alpha value is -3.81. The lowest BCUT2D eigenvalue weighted by Crippen LogP contribution is -2.24. The molecule has 2 aliphatic rings. The van der Waals surface area contributed by atoms with E-state index < -0.39 is 10.1 Å². The molecule has 5 rings (SSSR count). The predicted molar refractivity (Wildman–Crippen MR) is 251 cm³/mol. The number of aliphatic hydroxyl groups is 1. The number of aliphatic hydroxyl groups excluding tert-OH is 1. The number of hydrogen-bond donors (Lipinski definition) is 1. The van der Waals surface area contributed by atoms with Crippen LogP contribution in [-0.4, -0.2) is 96.5 Å². The first-order valence-electron chi connectivity index (χ1n) is 22.9. The van der Waals surface area contributed by atoms with Crippen molar-refractivity contribution in [1.82, 2.24) is 0 Å². The first-order chi connectivity index (χ1) is 30.1. The Morgan fingerprint density at radius 1 is 0.694 bits per heavy atom. The number of methoxy groups -OCH3 is 1. The van der Waals surface area contributed by atoms with Crippen molar-refractivity contribution in [1.29, 1.82) is 0 Å². The molecule has 0 aliphatic carbocycles. The largest absolute Gasteiger partial charge is 0.497 e. The fraction of sp³-hybridized carbons (Fsp3) is 0.600. The molecule has 12 heteroatoms. The summed E-state index contributed by atoms with van der Waals surface area (Å²) in [4.78, 5) is 8.91. The molecule has 0 bridgehead atoms. The Balaban J connectivity index is 0.000000291. The van der Waals surface area contributed by atoms with E-state index in [-0.39, 0.29) is 24.8 Å². The van der Waals surface area contributed by atoms with Crippen LogP contribution >= 0.6 is 0 Å². The van der Waals surface area contributed by atoms with E-state index in [4.69, 9.17) is 33.0 Å². The Kier molecular flexibility index (Phi) is 27.1. The molecule has 3 aromatic rings. The molecule has 3 aromatic carbocycles. The van der Waals surface area contributed by atoms with Gasteiger partial charge in [0, 0.05) is 11.1 Å². The van der Waals surface area contributed by atoms with Crippen molar-refractivity contribution in [3.63, 3.8) is 0 Å². The van der Waals surface area contributed by atoms with Gasteiger partial charge in [0.15, 0.2) is 0 Å². The number of unbranched alkanes of at least 4 members (excludes halogenated alkanes) is 10. The monoisotopic (exact) mass is 881 g/mol. The summed E-state index contributed by atoms with van der Waals surface area (Å²) in [6, 6.07) is 27.7. The number of rotatable bonds is 28. The van der Waals surface area contributed by atoms with Gasteiger partial charge < -0.3 is 28.8 Å². The molecule has 4 atom stereocenters. The minimum Gasteiger partial charge on any atom is -0.497 e. The summed E-state index contributed by atoms with van der Waals surface area (Å²) in [5.41, 5.74) is 3.13. The first kappa shape index (κ1) is 52.5. The quantitative estimate of drug-likeness (QED) is 0.0559. The highest BCUT2D eigenvalue weighted by atomic mass is 32.2. The standard InChI is InChI=1S/C28H39NO4.C12H26O3S.C10H11NO2/c1-3-4-5-6-7-11-14-27(32-19-23-15-17-26(30-2)18-16-23)22-31-20-25-21-33-28(29-25)24-12-9-8-10-13-24;1-4-5-6-7-8-9-10-12(2)11-15-16(3,13)14;12-6-9-7-13-10(11-9)8-4-2-1-3-5-8/h8-10,12-13,15-18,25,27H,3-7,11,14,19-22H2,1-2H3;12H,4-11H2,1-3H3;1-5,9,12H,6-7H2/t25-,27?;;9-/m1.1/s1. The second-order valence-electron chi connectivity index (χ2n) is 16.2. The third kappa shape index (κ3) is 23.6. The van der Waals surface area contributed by atoms with Crippen LogP contribution in [0.1, 0.15) is 127 Å². The van der Waals surface area contributed by atoms with E-state index in [1.807, 2.05) is 79.7 Å². The Morgan fingerprint density at radius 3 is 1.73 bits per heavy atom. The number of hydrogen-bond acceptors (Lipinski definition) is 11. The van der Waals surface area contributed by atoms with Gasteiger partial charge in [0.05, 0.1) is 52.5 Å². The Labute approximate surface area is 373 Å². The zero-order valence-corrected chi connectivity index (χ0v) is 39.1. The van der Waals surface area contributed by atoms with Gasteiger partial charge >= 0.3 is 0 Å². The third-order valence-corrected chi connectivity index (χ3v) is 11.0. The summed E-state index contributed by atoms with van der Waals surface area (Å²) >= 11 is 0. The zero-order chi connectivity index (χ0) is 44.7. The highest BCUT2D eigenvalue weighted by Crippen LogP contribution is 2.18. The minimum absolute atomic E-state index is 0.0384. The molecule has 346 valence electrons. The number of nitrogens with zero attached hydrogens (tertiary/aromatic N) is 2. The van der Waals surface area contributed by atoms with Crippen molar-refractivity contribution >= 4 is 21.9 Å². The number of benzene rings is 3. The first-order valence-corrected chi connectivity index (χ1v) is 24.7. The van der Waals surface area contributed by atoms with Gasteiger partial charge in [-0.15, -0.1) is 0 Å². The normalized spacial score (nSPS) is 16.7. The summed E-state index contributed by atoms with van der Waals surface area (Å²) < 4.78 is 54.9. The fourth-order valence-electron chi connectivity index (χ4n) is 6.72. The van der Waals surface area contributed by atoms with Gasteiger partial charge in [0.2, 0.25) is 11.8 Å². The molecule has 2 heterocycles. The van der Waals surface area contributed by atoms with Gasteiger partial charge in [0.1, 0.15) is 31.0 Å². The third-order valence-electron chi connectivity index (χ3n) is 10.4. The van der Waals surface area contributed by atoms with E-state index in [0.29, 0.717) is 57.4 Å². The molecule has 0 aromatic heterocycles. The van der Waals surface area contributed by atoms with E-state index in [1.165, 1.54) is 77.0 Å². The topological polar surface area (TPSA) is 134 Å². The summed E-state index contributed by atoms with van der Waals surface area (Å²) in [7, 11) is -1.58. The van der Waals surface area contributed by atoms with E-state index >= 15 is 0 Å². The van der Waals surface area contributed by atoms with Gasteiger partial charge in [-0.3, -0.25) is 4.18 Å². The lowest BCUT2D eigenvalue weighted by molar-refractivity contribution is -0.0327. The summed E-state index contributed by atoms with van der Waals surface area (Å²) in [6.07, 6.45) is 18.6. The SMILES string of the molecule is CCCCCCCCC(C)COS(C)(=O)=O.CCCCCCCCC(COC[C@@H]1COC(c2ccccc2)=N1)OCc1ccc(OC)cc1.OC[C@@H]1COC(c2ccccc2)=N1. The van der Waals surface area contributed by atoms with E-state index in [9.17, 15) is 8.42 Å². The molecule has 2 aliphatic heterocycles. The maximum absolute atomic E-state index is 10.8. The molecule has 62 heavy (non-hydrogen) atoms. The minimum atomic E-state index is -3.26. The van der Waals surface area contributed by atoms with E-state index in [2.05, 4.69) is 36.0 Å². The van der Waals surface area contributed by atoms with Crippen LogP contribution in [0.15, 0.2) is 94.9 Å². The molecule has 0 spiro atoms. The van der Waals surface area contributed by atoms with Crippen LogP contribution in [0.4, 0.5) is 0 Å². The van der Waals surface area contributed by atoms with Gasteiger partial charge in [-0.25, -0.2) is 9.98 Å². The van der Waals surface area contributed by atoms with E-state index in [0.717, 1.165) is 41.5 Å². The molecule has 0 saturated heterocycles. The fourth-order valence-corrected chi connectivity index (χ4v) is 7.20. The van der Waals surface area contributed by atoms with Gasteiger partial charge in [-0.1, -0.05) is 146 Å². The molecular formula is C50H76N2O9S. The van der Waals surface area contributed by atoms with Crippen molar-refractivity contribution in [2.45, 2.75) is 135 Å². The van der Waals surface area contributed by atoms with Crippen molar-refractivity contribution < 1.29 is 41.4 Å². The summed E-state index contributed by atoms with van der Waals surface area (Å²) in [5, 5.41) is 8.84. The molecule has 0 amide bonds. The molecule has 0 radical (unpaired) electrons. The number of ether oxygens (including phenoxy) is 5. The van der Waals surface area contributed by atoms with Gasteiger partial charge in [0.25, 0.3) is 10.1 Å². The average Bonchev–Trinajstić information content (AvgIpc) is 3.99. The van der Waals surface area contributed by atoms with Crippen LogP contribution in [0.2, 0.25) is 0 Å². The van der Waals surface area contributed by atoms with Crippen LogP contribution in [-0.2, 0) is 39.9 Å². The predicted octanol–water partition coefficient (Wildman–Crippen LogP) is 10.4. The number of aliphatic imine (C=N–C) groups is 2. The zero-order valence-electron chi connectivity index (χ0n) is 38.3. The van der Waals surface area contributed by atoms with Crippen molar-refractivity contribution in [2.75, 3.05) is 53.0 Å². The second-order valence-corrected chi connectivity index (χ2v) is 17.9. The van der Waals surface area contributed by atoms with Crippen molar-refractivity contribution in [3.8, 4) is 5.75 Å². The maximum atomic E-state index is 10.8. The van der Waals surface area contributed by atoms with E-state index in [1.54, 1.807) is 7.11 Å². The summed E-state index contributed by atoms with van der Waals surface area (Å²) in [6.45, 7) is 9.65. The second kappa shape index (κ2) is 31.9. The van der Waals surface area contributed by atoms with Crippen LogP contribution in [0.3, 0.4) is 0 Å². The van der Waals surface area contributed by atoms with Crippen molar-refractivity contribution in [2.24, 2.45) is 15.9 Å². The molecule has 0 saturated carbocycles. The smallest absolute Gasteiger partial charge is 0.264 e. The lowest BCUT2D eigenvalue weighted by Gasteiger charge is -2.19. The molecule has 0 fully saturated rings. The summed E-state index contributed by atoms with van der Waals surface area (Å²) in [5.74, 6) is 2.55. The Morgan fingerprint density at radius 2 is 1.21 bits per heavy atom. The van der Waals surface area contributed by atoms with Crippen LogP contribution in [0, 0.1) is 5.92 Å². The average molecular weight is 881 g/mol. The van der Waals surface area contributed by atoms with Gasteiger partial charge in [-0.05, 0) is 60.7 Å². The Bertz CT molecular complexity index is 1740. The highest BCUT2D eigenvalue weighted by molar-refractivity contribution is 7.85. The van der Waals surface area contributed by atoms with Gasteiger partial charge in [-0.2, -0.15) is 8.42 Å². The van der Waals surface area contributed by atoms with Crippen LogP contribution < -0.4 is 4.74 Å². The molecule has 11 nitrogen and oxygen atoms in total. The van der Waals surface area contributed by atoms with Crippen LogP contribution in [0.5, 0.6) is 5.75 Å². The molecular weight excluding hydrogens is 805 g/mol. The highest BCUT2D eigenvalue weighted by Gasteiger charge is 2.21. The maximum Gasteiger partial charge on any atom is 0.264 e. The molecule has 1 N–H and O–H groups in total. The van der Waals surface area contributed by atoms with Crippen LogP contribution in [0.25, 0.3) is 0 Å². The van der Waals surface area contributed by atoms with Crippen molar-refractivity contribution in [3.05, 3.63) is 102 Å².